The van der Waals surface area contributed by atoms with Crippen LogP contribution < -0.4 is 0 Å². The van der Waals surface area contributed by atoms with Crippen molar-refractivity contribution >= 4 is 10.9 Å². The normalized spacial score (nSPS) is 22.7. The van der Waals surface area contributed by atoms with Crippen LogP contribution in [0, 0.1) is 17.6 Å². The summed E-state index contributed by atoms with van der Waals surface area (Å²) in [7, 11) is 0. The van der Waals surface area contributed by atoms with Gasteiger partial charge in [-0.3, -0.25) is 9.29 Å². The number of benzene rings is 2. The molecule has 9 heteroatoms. The van der Waals surface area contributed by atoms with Crippen LogP contribution in [-0.4, -0.2) is 76.7 Å². The minimum Gasteiger partial charge on any atom is -0.393 e. The average molecular weight is 520 g/mol. The maximum absolute atomic E-state index is 15.8. The van der Waals surface area contributed by atoms with Crippen LogP contribution in [0.5, 0.6) is 0 Å². The molecule has 3 N–H and O–H groups in total. The summed E-state index contributed by atoms with van der Waals surface area (Å²) in [4.78, 5) is 7.02. The number of hydrogen-bond acceptors (Lipinski definition) is 4. The van der Waals surface area contributed by atoms with Gasteiger partial charge in [-0.2, -0.15) is 0 Å². The van der Waals surface area contributed by atoms with E-state index in [2.05, 4.69) is 4.98 Å². The zero-order chi connectivity index (χ0) is 26.3. The number of nitrogens with one attached hydrogen (secondary N) is 1. The Morgan fingerprint density at radius 3 is 2.51 bits per heavy atom. The second kappa shape index (κ2) is 10.7. The second-order valence-corrected chi connectivity index (χ2v) is 10.4. The molecule has 2 aliphatic rings. The molecule has 0 radical (unpaired) electrons. The summed E-state index contributed by atoms with van der Waals surface area (Å²) in [6.45, 7) is 2.29. The molecule has 200 valence electrons. The molecule has 5 nitrogen and oxygen atoms in total. The molecule has 1 saturated heterocycles. The third-order valence-corrected chi connectivity index (χ3v) is 7.88. The average Bonchev–Trinajstić information content (AvgIpc) is 3.22. The third kappa shape index (κ3) is 4.90. The molecule has 4 atom stereocenters. The lowest BCUT2D eigenvalue weighted by Crippen LogP contribution is -2.49. The first kappa shape index (κ1) is 26.2. The number of aliphatic hydroxyl groups is 2. The Labute approximate surface area is 213 Å². The largest absolute Gasteiger partial charge is 0.393 e. The van der Waals surface area contributed by atoms with E-state index in [0.717, 1.165) is 16.5 Å². The molecule has 1 aromatic heterocycles. The lowest BCUT2D eigenvalue weighted by Gasteiger charge is -2.42. The predicted molar refractivity (Wildman–Crippen MR) is 134 cm³/mol. The molecular formula is C28H33F4N3O2. The van der Waals surface area contributed by atoms with Crippen molar-refractivity contribution in [1.82, 2.24) is 14.8 Å². The van der Waals surface area contributed by atoms with Gasteiger partial charge in [0, 0.05) is 60.3 Å². The van der Waals surface area contributed by atoms with Gasteiger partial charge in [-0.25, -0.2) is 13.2 Å². The van der Waals surface area contributed by atoms with E-state index >= 15 is 8.78 Å². The number of para-hydroxylation sites is 1. The van der Waals surface area contributed by atoms with E-state index in [1.807, 2.05) is 36.1 Å². The van der Waals surface area contributed by atoms with Crippen molar-refractivity contribution in [3.05, 3.63) is 70.4 Å². The molecule has 0 amide bonds. The molecule has 0 aliphatic carbocycles. The second-order valence-electron chi connectivity index (χ2n) is 10.4. The number of aromatic amines is 1. The van der Waals surface area contributed by atoms with Crippen LogP contribution in [0.1, 0.15) is 47.9 Å². The van der Waals surface area contributed by atoms with Crippen molar-refractivity contribution in [2.24, 2.45) is 5.92 Å². The van der Waals surface area contributed by atoms with Gasteiger partial charge >= 0.3 is 0 Å². The quantitative estimate of drug-likeness (QED) is 0.366. The highest BCUT2D eigenvalue weighted by Crippen LogP contribution is 2.43. The topological polar surface area (TPSA) is 62.7 Å². The summed E-state index contributed by atoms with van der Waals surface area (Å²) < 4.78 is 58.4. The summed E-state index contributed by atoms with van der Waals surface area (Å²) in [6.07, 6.45) is -1.63. The summed E-state index contributed by atoms with van der Waals surface area (Å²) >= 11 is 0. The summed E-state index contributed by atoms with van der Waals surface area (Å²) in [5.41, 5.74) is 2.33. The molecule has 2 aromatic carbocycles. The Kier molecular flexibility index (Phi) is 7.58. The molecule has 0 bridgehead atoms. The summed E-state index contributed by atoms with van der Waals surface area (Å²) in [5.74, 6) is -1.81. The fourth-order valence-corrected chi connectivity index (χ4v) is 5.97. The van der Waals surface area contributed by atoms with Gasteiger partial charge in [0.25, 0.3) is 0 Å². The van der Waals surface area contributed by atoms with Crippen LogP contribution in [0.4, 0.5) is 17.6 Å². The van der Waals surface area contributed by atoms with Crippen LogP contribution in [0.25, 0.3) is 10.9 Å². The van der Waals surface area contributed by atoms with Crippen LogP contribution in [0.3, 0.4) is 0 Å². The Hall–Kier alpha value is -2.46. The number of nitrogens with zero attached hydrogens (tertiary/aromatic N) is 2. The van der Waals surface area contributed by atoms with E-state index in [9.17, 15) is 19.0 Å². The van der Waals surface area contributed by atoms with Crippen LogP contribution in [0.2, 0.25) is 0 Å². The molecule has 2 aliphatic heterocycles. The Bertz CT molecular complexity index is 1220. The maximum atomic E-state index is 15.8. The zero-order valence-corrected chi connectivity index (χ0v) is 20.8. The lowest BCUT2D eigenvalue weighted by atomic mass is 9.85. The zero-order valence-electron chi connectivity index (χ0n) is 20.8. The van der Waals surface area contributed by atoms with E-state index in [-0.39, 0.29) is 29.6 Å². The highest BCUT2D eigenvalue weighted by atomic mass is 19.1. The van der Waals surface area contributed by atoms with Gasteiger partial charge in [-0.15, -0.1) is 0 Å². The number of hydrogen-bond donors (Lipinski definition) is 3. The van der Waals surface area contributed by atoms with Gasteiger partial charge < -0.3 is 20.1 Å². The molecule has 0 spiro atoms. The van der Waals surface area contributed by atoms with Crippen LogP contribution >= 0.6 is 0 Å². The fourth-order valence-electron chi connectivity index (χ4n) is 5.97. The Morgan fingerprint density at radius 2 is 1.84 bits per heavy atom. The molecule has 0 saturated carbocycles. The van der Waals surface area contributed by atoms with Gasteiger partial charge in [0.1, 0.15) is 17.8 Å². The highest BCUT2D eigenvalue weighted by molar-refractivity contribution is 5.85. The van der Waals surface area contributed by atoms with Crippen molar-refractivity contribution in [3.8, 4) is 0 Å². The molecule has 1 fully saturated rings. The van der Waals surface area contributed by atoms with Gasteiger partial charge in [0.15, 0.2) is 0 Å². The number of halogens is 4. The van der Waals surface area contributed by atoms with Crippen LogP contribution in [-0.2, 0) is 6.42 Å². The lowest BCUT2D eigenvalue weighted by molar-refractivity contribution is -0.00641. The molecule has 37 heavy (non-hydrogen) atoms. The maximum Gasteiger partial charge on any atom is 0.136 e. The Balaban J connectivity index is 1.51. The number of aliphatic hydroxyl groups excluding tert-OH is 2. The Morgan fingerprint density at radius 1 is 1.14 bits per heavy atom. The van der Waals surface area contributed by atoms with Crippen LogP contribution in [0.15, 0.2) is 36.4 Å². The SMILES string of the molecule is C[C@@H]1Cc2c([nH]c3ccccc23)[C@@H](c2c(F)cc([C@H](O)C3CN(CCCF)C3)cc2F)N1C[C@@H](F)CO. The van der Waals surface area contributed by atoms with Gasteiger partial charge in [0.2, 0.25) is 0 Å². The summed E-state index contributed by atoms with van der Waals surface area (Å²) in [5, 5.41) is 21.1. The van der Waals surface area contributed by atoms with E-state index in [4.69, 9.17) is 0 Å². The number of alkyl halides is 2. The van der Waals surface area contributed by atoms with Crippen molar-refractivity contribution in [3.63, 3.8) is 0 Å². The smallest absolute Gasteiger partial charge is 0.136 e. The first-order valence-electron chi connectivity index (χ1n) is 12.9. The molecule has 3 aromatic rings. The molecule has 0 unspecified atom stereocenters. The molecule has 5 rings (SSSR count). The van der Waals surface area contributed by atoms with E-state index in [0.29, 0.717) is 38.2 Å². The number of fused-ring (bicyclic) bond motifs is 3. The first-order valence-corrected chi connectivity index (χ1v) is 12.9. The fraction of sp³-hybridized carbons (Fsp3) is 0.500. The minimum absolute atomic E-state index is 0.153. The number of likely N-dealkylation sites (tertiary alicyclic amines) is 1. The van der Waals surface area contributed by atoms with Crippen molar-refractivity contribution in [1.29, 1.82) is 0 Å². The first-order chi connectivity index (χ1) is 17.8. The number of rotatable bonds is 9. The molecule has 3 heterocycles. The van der Waals surface area contributed by atoms with Crippen molar-refractivity contribution < 1.29 is 27.8 Å². The minimum atomic E-state index is -1.57. The standard InChI is InChI=1S/C28H33F4N3O2/c1-16-9-21-20-5-2-3-6-24(20)33-26(21)27(35(16)14-19(30)15-36)25-22(31)10-17(11-23(25)32)28(37)18-12-34(13-18)8-4-7-29/h2-3,5-6,10-11,16,18-19,27-28,33,36-37H,4,7-9,12-15H2,1H3/t16-,19-,27-,28+/m1/s1. The van der Waals surface area contributed by atoms with Crippen molar-refractivity contribution in [2.75, 3.05) is 39.5 Å². The molecular weight excluding hydrogens is 486 g/mol. The summed E-state index contributed by atoms with van der Waals surface area (Å²) in [6, 6.07) is 8.81. The highest BCUT2D eigenvalue weighted by Gasteiger charge is 2.40. The monoisotopic (exact) mass is 519 g/mol. The van der Waals surface area contributed by atoms with E-state index in [1.165, 1.54) is 12.1 Å². The third-order valence-electron chi connectivity index (χ3n) is 7.88. The van der Waals surface area contributed by atoms with Crippen molar-refractivity contribution in [2.45, 2.75) is 44.1 Å². The van der Waals surface area contributed by atoms with E-state index in [1.54, 1.807) is 4.90 Å². The van der Waals surface area contributed by atoms with Gasteiger partial charge in [-0.1, -0.05) is 18.2 Å². The van der Waals surface area contributed by atoms with Gasteiger partial charge in [0.05, 0.1) is 25.4 Å². The predicted octanol–water partition coefficient (Wildman–Crippen LogP) is 4.44. The number of aromatic nitrogens is 1. The number of H-pyrrole nitrogens is 1. The van der Waals surface area contributed by atoms with Gasteiger partial charge in [-0.05, 0) is 49.1 Å². The van der Waals surface area contributed by atoms with E-state index < -0.39 is 43.2 Å².